The van der Waals surface area contributed by atoms with E-state index in [1.165, 1.54) is 11.8 Å². The number of thioether (sulfide) groups is 1. The summed E-state index contributed by atoms with van der Waals surface area (Å²) in [6, 6.07) is 0. The fourth-order valence-corrected chi connectivity index (χ4v) is 16.2. The summed E-state index contributed by atoms with van der Waals surface area (Å²) in [4.78, 5) is 12.2. The lowest BCUT2D eigenvalue weighted by atomic mass is 9.47. The summed E-state index contributed by atoms with van der Waals surface area (Å²) >= 11 is 1.31. The van der Waals surface area contributed by atoms with Crippen molar-refractivity contribution in [1.82, 2.24) is 0 Å². The largest absolute Gasteiger partial charge is 0.393 e. The van der Waals surface area contributed by atoms with Crippen LogP contribution in [0.15, 0.2) is 11.6 Å². The molecule has 9 nitrogen and oxygen atoms in total. The predicted octanol–water partition coefficient (Wildman–Crippen LogP) is 4.91. The molecule has 9 aliphatic rings. The topological polar surface area (TPSA) is 157 Å². The van der Waals surface area contributed by atoms with Gasteiger partial charge in [-0.05, 0) is 149 Å². The van der Waals surface area contributed by atoms with Crippen molar-refractivity contribution in [1.29, 1.82) is 0 Å². The van der Waals surface area contributed by atoms with E-state index in [1.54, 1.807) is 6.08 Å². The van der Waals surface area contributed by atoms with Crippen molar-refractivity contribution in [3.05, 3.63) is 11.6 Å². The maximum atomic E-state index is 12.6. The molecule has 8 saturated carbocycles. The Bertz CT molecular complexity index is 1420. The smallest absolute Gasteiger partial charge is 0.212 e. The Morgan fingerprint density at radius 3 is 2.13 bits per heavy atom. The SMILES string of the molecule is C[C@H]1CC(OC2[C@@H](C)CC(OC3[C@@H](C)CC(C4CC[C@]5(O)C6CC[C@]78C[C@]7(C7=CC(=O)SC7)[C@H](O)C[C@]8(O)[C@H]6CC[C@H]5C4)C[C@@H]3O)C[C@@H]2O)C[C@H](O)C1. The molecular formula is C43H66O9S. The maximum Gasteiger partial charge on any atom is 0.212 e. The number of hydrogen-bond donors (Lipinski definition) is 6. The van der Waals surface area contributed by atoms with Crippen LogP contribution in [0, 0.1) is 58.2 Å². The van der Waals surface area contributed by atoms with Crippen molar-refractivity contribution >= 4 is 16.9 Å². The van der Waals surface area contributed by atoms with Gasteiger partial charge in [-0.3, -0.25) is 4.79 Å². The van der Waals surface area contributed by atoms with Crippen LogP contribution in [0.5, 0.6) is 0 Å². The fraction of sp³-hybridized carbons (Fsp3) is 0.930. The molecule has 6 N–H and O–H groups in total. The van der Waals surface area contributed by atoms with Gasteiger partial charge in [0.2, 0.25) is 5.12 Å². The Morgan fingerprint density at radius 2 is 1.45 bits per heavy atom. The molecule has 0 amide bonds. The zero-order valence-electron chi connectivity index (χ0n) is 32.2. The minimum atomic E-state index is -1.00. The first kappa shape index (κ1) is 38.0. The first-order chi connectivity index (χ1) is 25.2. The Morgan fingerprint density at radius 1 is 0.736 bits per heavy atom. The summed E-state index contributed by atoms with van der Waals surface area (Å²) < 4.78 is 13.1. The summed E-state index contributed by atoms with van der Waals surface area (Å²) in [5.74, 6) is 2.35. The average molecular weight is 759 g/mol. The highest BCUT2D eigenvalue weighted by Crippen LogP contribution is 2.86. The van der Waals surface area contributed by atoms with Crippen LogP contribution < -0.4 is 0 Å². The van der Waals surface area contributed by atoms with Crippen LogP contribution >= 0.6 is 11.8 Å². The summed E-state index contributed by atoms with van der Waals surface area (Å²) in [7, 11) is 0. The van der Waals surface area contributed by atoms with Gasteiger partial charge < -0.3 is 40.1 Å². The lowest BCUT2D eigenvalue weighted by molar-refractivity contribution is -0.226. The van der Waals surface area contributed by atoms with E-state index >= 15 is 0 Å². The van der Waals surface area contributed by atoms with Crippen LogP contribution in [-0.4, -0.2) is 102 Å². The number of ether oxygens (including phenoxy) is 2. The summed E-state index contributed by atoms with van der Waals surface area (Å²) in [6.07, 6.45) is 11.4. The van der Waals surface area contributed by atoms with Crippen LogP contribution in [0.4, 0.5) is 0 Å². The first-order valence-corrected chi connectivity index (χ1v) is 22.5. The van der Waals surface area contributed by atoms with Crippen LogP contribution in [0.3, 0.4) is 0 Å². The molecule has 8 fully saturated rings. The average Bonchev–Trinajstić information content (AvgIpc) is 3.50. The third kappa shape index (κ3) is 5.86. The number of carbonyl (C=O) groups is 1. The summed E-state index contributed by atoms with van der Waals surface area (Å²) in [5.41, 5.74) is -1.60. The van der Waals surface area contributed by atoms with Crippen LogP contribution in [0.2, 0.25) is 0 Å². The monoisotopic (exact) mass is 758 g/mol. The van der Waals surface area contributed by atoms with Crippen LogP contribution in [0.1, 0.15) is 124 Å². The normalized spacial score (nSPS) is 57.9. The Balaban J connectivity index is 0.804. The highest BCUT2D eigenvalue weighted by Gasteiger charge is 2.87. The highest BCUT2D eigenvalue weighted by molar-refractivity contribution is 8.14. The zero-order valence-corrected chi connectivity index (χ0v) is 33.0. The molecule has 7 unspecified atom stereocenters. The molecule has 20 atom stereocenters. The quantitative estimate of drug-likeness (QED) is 0.220. The van der Waals surface area contributed by atoms with Gasteiger partial charge >= 0.3 is 0 Å². The molecule has 1 spiro atoms. The Kier molecular flexibility index (Phi) is 9.68. The predicted molar refractivity (Wildman–Crippen MR) is 200 cm³/mol. The van der Waals surface area contributed by atoms with Gasteiger partial charge in [0.15, 0.2) is 0 Å². The Labute approximate surface area is 320 Å². The second kappa shape index (κ2) is 13.5. The van der Waals surface area contributed by atoms with E-state index in [4.69, 9.17) is 9.47 Å². The van der Waals surface area contributed by atoms with E-state index < -0.39 is 34.9 Å². The molecule has 8 aliphatic carbocycles. The molecule has 0 aromatic carbocycles. The first-order valence-electron chi connectivity index (χ1n) is 21.5. The van der Waals surface area contributed by atoms with Crippen molar-refractivity contribution in [2.45, 2.75) is 184 Å². The molecule has 10 heteroatoms. The van der Waals surface area contributed by atoms with Crippen molar-refractivity contribution < 1.29 is 44.9 Å². The van der Waals surface area contributed by atoms with Crippen molar-refractivity contribution in [3.8, 4) is 0 Å². The van der Waals surface area contributed by atoms with Gasteiger partial charge in [0.05, 0.1) is 60.0 Å². The summed E-state index contributed by atoms with van der Waals surface area (Å²) in [5, 5.41) is 69.8. The molecule has 0 saturated heterocycles. The van der Waals surface area contributed by atoms with E-state index in [-0.39, 0.29) is 70.6 Å². The van der Waals surface area contributed by atoms with E-state index in [0.717, 1.165) is 82.6 Å². The fourth-order valence-electron chi connectivity index (χ4n) is 15.3. The van der Waals surface area contributed by atoms with Crippen LogP contribution in [0.25, 0.3) is 0 Å². The number of rotatable bonds is 6. The van der Waals surface area contributed by atoms with Gasteiger partial charge in [0.25, 0.3) is 0 Å². The van der Waals surface area contributed by atoms with Gasteiger partial charge in [-0.25, -0.2) is 0 Å². The van der Waals surface area contributed by atoms with E-state index in [2.05, 4.69) is 20.8 Å². The molecule has 298 valence electrons. The van der Waals surface area contributed by atoms with E-state index in [9.17, 15) is 35.4 Å². The van der Waals surface area contributed by atoms with Crippen molar-refractivity contribution in [2.75, 3.05) is 5.75 Å². The molecule has 53 heavy (non-hydrogen) atoms. The molecule has 0 radical (unpaired) electrons. The number of hydrogen-bond acceptors (Lipinski definition) is 10. The molecule has 0 bridgehead atoms. The minimum Gasteiger partial charge on any atom is -0.393 e. The molecule has 1 heterocycles. The molecule has 1 aliphatic heterocycles. The van der Waals surface area contributed by atoms with E-state index in [0.29, 0.717) is 49.2 Å². The molecule has 0 aromatic rings. The summed E-state index contributed by atoms with van der Waals surface area (Å²) in [6.45, 7) is 6.48. The lowest BCUT2D eigenvalue weighted by Gasteiger charge is -2.61. The molecule has 9 rings (SSSR count). The lowest BCUT2D eigenvalue weighted by Crippen LogP contribution is -2.63. The third-order valence-electron chi connectivity index (χ3n) is 17.6. The van der Waals surface area contributed by atoms with Gasteiger partial charge in [-0.2, -0.15) is 0 Å². The van der Waals surface area contributed by atoms with Gasteiger partial charge in [-0.15, -0.1) is 0 Å². The van der Waals surface area contributed by atoms with Gasteiger partial charge in [-0.1, -0.05) is 32.5 Å². The third-order valence-corrected chi connectivity index (χ3v) is 18.4. The number of aliphatic hydroxyl groups is 6. The number of carbonyl (C=O) groups excluding carboxylic acids is 1. The molecular weight excluding hydrogens is 693 g/mol. The maximum absolute atomic E-state index is 12.6. The van der Waals surface area contributed by atoms with Crippen LogP contribution in [-0.2, 0) is 14.3 Å². The van der Waals surface area contributed by atoms with Crippen molar-refractivity contribution in [3.63, 3.8) is 0 Å². The highest BCUT2D eigenvalue weighted by atomic mass is 32.2. The second-order valence-electron chi connectivity index (χ2n) is 20.4. The second-order valence-corrected chi connectivity index (χ2v) is 21.4. The number of fused-ring (bicyclic) bond motifs is 4. The Hall–Kier alpha value is -0.560. The van der Waals surface area contributed by atoms with Gasteiger partial charge in [0.1, 0.15) is 0 Å². The van der Waals surface area contributed by atoms with Crippen molar-refractivity contribution in [2.24, 2.45) is 58.2 Å². The van der Waals surface area contributed by atoms with E-state index in [1.807, 2.05) is 0 Å². The minimum absolute atomic E-state index is 0.0237. The molecule has 0 aromatic heterocycles. The standard InChI is InChI=1S/C43H66O9S/c1-22-10-29(44)17-30(11-22)51-39-24(3)13-31(18-35(39)46)52-38-23(2)12-26(15-34(38)45)25-6-9-42(49)27(14-25)4-5-33-32(42)7-8-40-21-41(40,28-16-37(48)53-20-28)36(47)19-43(33,40)50/h16,22-27,29-36,38-39,44-47,49-50H,4-15,17-21H2,1-3H3/t22-,23+,24+,25?,26?,27+,29-,30?,31?,32?,33+,34+,35+,36-,38?,39?,40+,41+,42-,43+/m1/s1. The van der Waals surface area contributed by atoms with Gasteiger partial charge in [0, 0.05) is 29.4 Å². The number of aliphatic hydroxyl groups excluding tert-OH is 4. The zero-order chi connectivity index (χ0) is 37.2.